The summed E-state index contributed by atoms with van der Waals surface area (Å²) in [6, 6.07) is 23.4. The van der Waals surface area contributed by atoms with Crippen LogP contribution in [0.3, 0.4) is 0 Å². The van der Waals surface area contributed by atoms with Gasteiger partial charge in [-0.15, -0.1) is 0 Å². The number of aliphatic imine (C=N–C) groups is 1. The van der Waals surface area contributed by atoms with Gasteiger partial charge in [-0.3, -0.25) is 4.79 Å². The summed E-state index contributed by atoms with van der Waals surface area (Å²) in [4.78, 5) is 30.5. The monoisotopic (exact) mass is 572 g/mol. The first-order valence-corrected chi connectivity index (χ1v) is 13.3. The molecule has 2 heterocycles. The Morgan fingerprint density at radius 1 is 1.05 bits per heavy atom. The van der Waals surface area contributed by atoms with E-state index in [0.29, 0.717) is 45.8 Å². The van der Waals surface area contributed by atoms with Crippen molar-refractivity contribution in [3.05, 3.63) is 90.6 Å². The van der Waals surface area contributed by atoms with Gasteiger partial charge in [-0.05, 0) is 50.1 Å². The maximum absolute atomic E-state index is 11.9. The number of nitrogens with one attached hydrogen (secondary N) is 2. The maximum atomic E-state index is 11.9. The van der Waals surface area contributed by atoms with Crippen molar-refractivity contribution in [2.24, 2.45) is 4.99 Å². The van der Waals surface area contributed by atoms with Crippen molar-refractivity contribution in [1.29, 1.82) is 0 Å². The van der Waals surface area contributed by atoms with E-state index < -0.39 is 12.0 Å². The minimum Gasteiger partial charge on any atom is -0.480 e. The lowest BCUT2D eigenvalue weighted by molar-refractivity contribution is -0.608. The molecule has 0 saturated carbocycles. The fraction of sp³-hybridized carbons (Fsp3) is 0.138. The number of para-hydroxylation sites is 1. The summed E-state index contributed by atoms with van der Waals surface area (Å²) < 4.78 is 5.76. The van der Waals surface area contributed by atoms with Crippen molar-refractivity contribution in [3.63, 3.8) is 0 Å². The normalized spacial score (nSPS) is 19.0. The third-order valence-electron chi connectivity index (χ3n) is 6.57. The lowest BCUT2D eigenvalue weighted by atomic mass is 9.97. The highest BCUT2D eigenvalue weighted by Gasteiger charge is 2.38. The third-order valence-corrected chi connectivity index (χ3v) is 7.25. The summed E-state index contributed by atoms with van der Waals surface area (Å²) in [5.41, 5.74) is 6.72. The molecule has 3 aromatic rings. The number of carbonyl (C=O) groups is 2. The van der Waals surface area contributed by atoms with Gasteiger partial charge in [0.15, 0.2) is 12.2 Å². The highest BCUT2D eigenvalue weighted by molar-refractivity contribution is 7.81. The Balaban J connectivity index is 1.31. The Labute approximate surface area is 242 Å². The van der Waals surface area contributed by atoms with E-state index in [1.54, 1.807) is 40.4 Å². The molecule has 2 aliphatic rings. The first-order chi connectivity index (χ1) is 19.3. The number of carboxylic acids is 1. The summed E-state index contributed by atoms with van der Waals surface area (Å²) in [5.74, 6) is -0.552. The van der Waals surface area contributed by atoms with E-state index in [4.69, 9.17) is 29.2 Å². The predicted molar refractivity (Wildman–Crippen MR) is 161 cm³/mol. The Kier molecular flexibility index (Phi) is 7.96. The first-order valence-electron chi connectivity index (χ1n) is 12.5. The first kappa shape index (κ1) is 27.1. The van der Waals surface area contributed by atoms with Crippen molar-refractivity contribution in [1.82, 2.24) is 5.43 Å². The molecule has 0 spiro atoms. The number of rotatable bonds is 8. The fourth-order valence-corrected chi connectivity index (χ4v) is 5.30. The van der Waals surface area contributed by atoms with E-state index in [2.05, 4.69) is 10.4 Å². The number of hydrazine groups is 1. The standard InChI is InChI=1S/C29H25N5O4S2/c1-19(35)20-13-14-26(27(36)37)32(17-20)23-10-6-12-25(16-23)38-18-30-21-7-5-11-24(15-21)33-28(39)31-34(29(33)40)22-8-3-2-4-9-22/h2-12,15-18,26H,13-14H2,1H3,(H,31,39)(H,36,37)/p+1. The molecule has 3 N–H and O–H groups in total. The molecule has 3 aromatic carbocycles. The topological polar surface area (TPSA) is 98.9 Å². The number of hydrogen-bond acceptors (Lipinski definition) is 7. The van der Waals surface area contributed by atoms with E-state index in [9.17, 15) is 14.7 Å². The number of aliphatic carboxylic acids is 1. The van der Waals surface area contributed by atoms with Gasteiger partial charge in [-0.25, -0.2) is 15.2 Å². The van der Waals surface area contributed by atoms with Gasteiger partial charge in [0, 0.05) is 60.1 Å². The van der Waals surface area contributed by atoms with Gasteiger partial charge in [0.1, 0.15) is 17.5 Å². The number of nitrogens with zero attached hydrogens (tertiary/aromatic N) is 3. The van der Waals surface area contributed by atoms with Crippen molar-refractivity contribution in [2.45, 2.75) is 25.8 Å². The van der Waals surface area contributed by atoms with Crippen LogP contribution in [0.25, 0.3) is 0 Å². The molecule has 0 aromatic heterocycles. The summed E-state index contributed by atoms with van der Waals surface area (Å²) in [6.07, 6.45) is 3.71. The van der Waals surface area contributed by atoms with Crippen molar-refractivity contribution < 1.29 is 24.3 Å². The second-order valence-corrected chi connectivity index (χ2v) is 10.00. The molecular weight excluding hydrogens is 546 g/mol. The minimum absolute atomic E-state index is 0.0727. The van der Waals surface area contributed by atoms with Crippen LogP contribution in [-0.4, -0.2) is 39.5 Å². The second-order valence-electron chi connectivity index (χ2n) is 9.20. The molecule has 2 atom stereocenters. The molecule has 2 unspecified atom stereocenters. The zero-order valence-corrected chi connectivity index (χ0v) is 23.1. The summed E-state index contributed by atoms with van der Waals surface area (Å²) in [5, 5.41) is 12.6. The van der Waals surface area contributed by atoms with Crippen LogP contribution in [-0.2, 0) is 9.59 Å². The number of thiocarbonyl (C=S) groups is 2. The van der Waals surface area contributed by atoms with E-state index in [0.717, 1.165) is 16.3 Å². The molecule has 5 rings (SSSR count). The Morgan fingerprint density at radius 2 is 1.80 bits per heavy atom. The van der Waals surface area contributed by atoms with Crippen LogP contribution in [0.15, 0.2) is 95.6 Å². The Hall–Kier alpha value is -4.45. The number of ether oxygens (including phenoxy) is 1. The summed E-state index contributed by atoms with van der Waals surface area (Å²) in [6.45, 7) is 1.48. The molecular formula is C29H26N5O4S2+. The smallest absolute Gasteiger partial charge is 0.326 e. The molecule has 202 valence electrons. The second kappa shape index (κ2) is 11.7. The van der Waals surface area contributed by atoms with Gasteiger partial charge in [0.25, 0.3) is 5.11 Å². The Morgan fingerprint density at radius 3 is 2.55 bits per heavy atom. The summed E-state index contributed by atoms with van der Waals surface area (Å²) in [7, 11) is 0. The molecule has 0 amide bonds. The van der Waals surface area contributed by atoms with Crippen molar-refractivity contribution in [3.8, 4) is 5.75 Å². The van der Waals surface area contributed by atoms with Crippen LogP contribution in [0.4, 0.5) is 22.7 Å². The lowest BCUT2D eigenvalue weighted by Crippen LogP contribution is -3.10. The van der Waals surface area contributed by atoms with Crippen molar-refractivity contribution in [2.75, 3.05) is 9.91 Å². The number of carbonyl (C=O) groups excluding carboxylic acids is 1. The van der Waals surface area contributed by atoms with E-state index in [-0.39, 0.29) is 5.78 Å². The molecule has 11 heteroatoms. The molecule has 0 aliphatic carbocycles. The van der Waals surface area contributed by atoms with Gasteiger partial charge in [-0.1, -0.05) is 30.3 Å². The van der Waals surface area contributed by atoms with E-state index >= 15 is 0 Å². The number of quaternary nitrogens is 1. The molecule has 40 heavy (non-hydrogen) atoms. The number of allylic oxidation sites excluding steroid dienone is 1. The van der Waals surface area contributed by atoms with E-state index in [1.165, 1.54) is 13.3 Å². The molecule has 0 bridgehead atoms. The predicted octanol–water partition coefficient (Wildman–Crippen LogP) is 4.06. The van der Waals surface area contributed by atoms with Gasteiger partial charge in [-0.2, -0.15) is 9.91 Å². The number of ketones is 1. The number of carboxylic acid groups (broad SMARTS) is 1. The van der Waals surface area contributed by atoms with Gasteiger partial charge in [0.05, 0.1) is 11.4 Å². The maximum Gasteiger partial charge on any atom is 0.326 e. The molecule has 1 saturated heterocycles. The largest absolute Gasteiger partial charge is 0.480 e. The highest BCUT2D eigenvalue weighted by Crippen LogP contribution is 2.30. The number of Topliss-reactive ketones (excluding diaryl/α,β-unsaturated/α-hetero) is 1. The van der Waals surface area contributed by atoms with Gasteiger partial charge in [0.2, 0.25) is 0 Å². The van der Waals surface area contributed by atoms with Crippen LogP contribution in [0.1, 0.15) is 19.8 Å². The number of hydrogen-bond donors (Lipinski definition) is 3. The van der Waals surface area contributed by atoms with Crippen LogP contribution in [0.2, 0.25) is 0 Å². The number of benzene rings is 3. The average Bonchev–Trinajstić information content (AvgIpc) is 3.26. The molecule has 2 aliphatic heterocycles. The average molecular weight is 573 g/mol. The van der Waals surface area contributed by atoms with Crippen LogP contribution in [0, 0.1) is 0 Å². The van der Waals surface area contributed by atoms with Crippen molar-refractivity contribution >= 4 is 75.6 Å². The van der Waals surface area contributed by atoms with Crippen LogP contribution < -0.4 is 25.0 Å². The highest BCUT2D eigenvalue weighted by atomic mass is 32.1. The minimum atomic E-state index is -0.951. The third kappa shape index (κ3) is 5.76. The van der Waals surface area contributed by atoms with Gasteiger partial charge >= 0.3 is 11.1 Å². The number of anilines is 2. The van der Waals surface area contributed by atoms with Gasteiger partial charge < -0.3 is 14.7 Å². The molecule has 9 nitrogen and oxygen atoms in total. The molecule has 1 fully saturated rings. The SMILES string of the molecule is CC(=O)C1=CN(c2cccc(OC=Nc3cccc([NH+]4C(=S)NN(c5ccccc5)C4=S)c3)c2)C(C(=O)O)CC1. The van der Waals surface area contributed by atoms with Crippen LogP contribution in [0.5, 0.6) is 5.75 Å². The van der Waals surface area contributed by atoms with E-state index in [1.807, 2.05) is 54.6 Å². The Bertz CT molecular complexity index is 1540. The zero-order chi connectivity index (χ0) is 28.2. The fourth-order valence-electron chi connectivity index (χ4n) is 4.56. The van der Waals surface area contributed by atoms with Crippen LogP contribution >= 0.6 is 24.4 Å². The molecule has 0 radical (unpaired) electrons. The summed E-state index contributed by atoms with van der Waals surface area (Å²) >= 11 is 11.3. The quantitative estimate of drug-likeness (QED) is 0.210. The zero-order valence-electron chi connectivity index (χ0n) is 21.5. The lowest BCUT2D eigenvalue weighted by Gasteiger charge is -2.32.